The number of carbonyl (C=O) groups is 3. The minimum atomic E-state index is -0.521. The summed E-state index contributed by atoms with van der Waals surface area (Å²) in [6.45, 7) is 5.10. The Hall–Kier alpha value is -4.05. The van der Waals surface area contributed by atoms with Gasteiger partial charge in [0.15, 0.2) is 0 Å². The molecule has 4 amide bonds. The highest BCUT2D eigenvalue weighted by atomic mass is 32.2. The molecule has 1 fully saturated rings. The summed E-state index contributed by atoms with van der Waals surface area (Å²) in [4.78, 5) is 47.0. The van der Waals surface area contributed by atoms with Crippen molar-refractivity contribution in [1.29, 1.82) is 0 Å². The molecule has 2 N–H and O–H groups in total. The molecule has 40 heavy (non-hydrogen) atoms. The Morgan fingerprint density at radius 2 is 1.85 bits per heavy atom. The van der Waals surface area contributed by atoms with Gasteiger partial charge in [-0.3, -0.25) is 14.5 Å². The van der Waals surface area contributed by atoms with Gasteiger partial charge in [0.1, 0.15) is 21.8 Å². The number of aromatic nitrogens is 1. The Bertz CT molecular complexity index is 1460. The number of nitrogens with one attached hydrogen (secondary N) is 2. The molecule has 9 nitrogen and oxygen atoms in total. The summed E-state index contributed by atoms with van der Waals surface area (Å²) in [5.41, 5.74) is 3.20. The summed E-state index contributed by atoms with van der Waals surface area (Å²) in [5, 5.41) is 6.48. The molecular formula is C30H31N5O4S. The van der Waals surface area contributed by atoms with Crippen LogP contribution < -0.4 is 20.3 Å². The number of amides is 4. The van der Waals surface area contributed by atoms with Gasteiger partial charge in [0.05, 0.1) is 17.4 Å². The zero-order valence-electron chi connectivity index (χ0n) is 22.4. The molecule has 0 aliphatic carbocycles. The van der Waals surface area contributed by atoms with Crippen LogP contribution in [0, 0.1) is 6.92 Å². The van der Waals surface area contributed by atoms with Crippen LogP contribution in [0.25, 0.3) is 0 Å². The highest BCUT2D eigenvalue weighted by Gasteiger charge is 2.47. The number of likely N-dealkylation sites (tertiary alicyclic amines) is 1. The first kappa shape index (κ1) is 26.2. The summed E-state index contributed by atoms with van der Waals surface area (Å²) in [6.07, 6.45) is 3.62. The third-order valence-corrected chi connectivity index (χ3v) is 8.94. The topological polar surface area (TPSA) is 104 Å². The van der Waals surface area contributed by atoms with Crippen LogP contribution in [0.3, 0.4) is 0 Å². The largest absolute Gasteiger partial charge is 0.457 e. The zero-order chi connectivity index (χ0) is 27.8. The molecule has 2 atom stereocenters. The van der Waals surface area contributed by atoms with Gasteiger partial charge in [-0.15, -0.1) is 0 Å². The number of urea groups is 1. The second kappa shape index (κ2) is 10.8. The lowest BCUT2D eigenvalue weighted by Gasteiger charge is -2.36. The smallest absolute Gasteiger partial charge is 0.327 e. The monoisotopic (exact) mass is 557 g/mol. The summed E-state index contributed by atoms with van der Waals surface area (Å²) in [5.74, 6) is 1.45. The molecule has 0 bridgehead atoms. The lowest BCUT2D eigenvalue weighted by atomic mass is 9.98. The van der Waals surface area contributed by atoms with Crippen LogP contribution in [0.1, 0.15) is 43.4 Å². The average molecular weight is 558 g/mol. The number of benzene rings is 2. The molecule has 2 aromatic carbocycles. The van der Waals surface area contributed by atoms with Gasteiger partial charge in [0.25, 0.3) is 0 Å². The van der Waals surface area contributed by atoms with Gasteiger partial charge in [-0.2, -0.15) is 0 Å². The number of para-hydroxylation sites is 1. The number of carbonyl (C=O) groups excluding carboxylic acids is 3. The van der Waals surface area contributed by atoms with E-state index in [-0.39, 0.29) is 23.9 Å². The predicted molar refractivity (Wildman–Crippen MR) is 153 cm³/mol. The van der Waals surface area contributed by atoms with Gasteiger partial charge >= 0.3 is 6.03 Å². The zero-order valence-corrected chi connectivity index (χ0v) is 23.2. The first-order chi connectivity index (χ1) is 19.4. The molecule has 3 aliphatic heterocycles. The van der Waals surface area contributed by atoms with Crippen LogP contribution in [-0.2, 0) is 9.59 Å². The Kier molecular flexibility index (Phi) is 7.10. The normalized spacial score (nSPS) is 20.1. The third kappa shape index (κ3) is 4.88. The van der Waals surface area contributed by atoms with E-state index >= 15 is 0 Å². The minimum Gasteiger partial charge on any atom is -0.457 e. The number of anilines is 2. The SMILES string of the molecule is CCC(=O)N1CCC(NC(=O)C2Sc3nccc4c3C2NC(=O)N4c2ccc(Oc3ccccc3)cc2C)CC1. The quantitative estimate of drug-likeness (QED) is 0.438. The standard InChI is InChI=1S/C30H31N5O4S/c1-3-24(36)34-15-12-19(13-16-34)32-28(37)27-26-25-23(11-14-31-29(25)40-27)35(30(38)33-26)22-10-9-21(17-18(22)2)39-20-7-5-4-6-8-20/h4-11,14,17,19,26-27H,3,12-13,15-16H2,1-2H3,(H,32,37)(H,33,38). The Morgan fingerprint density at radius 1 is 1.07 bits per heavy atom. The number of hydrogen-bond donors (Lipinski definition) is 2. The fraction of sp³-hybridized carbons (Fsp3) is 0.333. The van der Waals surface area contributed by atoms with Crippen molar-refractivity contribution in [3.8, 4) is 11.5 Å². The maximum Gasteiger partial charge on any atom is 0.327 e. The molecule has 0 spiro atoms. The van der Waals surface area contributed by atoms with Gasteiger partial charge in [0, 0.05) is 37.3 Å². The highest BCUT2D eigenvalue weighted by Crippen LogP contribution is 2.51. The van der Waals surface area contributed by atoms with Gasteiger partial charge in [0.2, 0.25) is 11.8 Å². The molecule has 10 heteroatoms. The van der Waals surface area contributed by atoms with Gasteiger partial charge < -0.3 is 20.3 Å². The van der Waals surface area contributed by atoms with E-state index < -0.39 is 11.3 Å². The van der Waals surface area contributed by atoms with Crippen molar-refractivity contribution < 1.29 is 19.1 Å². The van der Waals surface area contributed by atoms with Gasteiger partial charge in [-0.05, 0) is 61.7 Å². The number of nitrogens with zero attached hydrogens (tertiary/aromatic N) is 3. The molecule has 3 aliphatic rings. The number of thioether (sulfide) groups is 1. The number of hydrogen-bond acceptors (Lipinski definition) is 6. The van der Waals surface area contributed by atoms with Crippen molar-refractivity contribution in [1.82, 2.24) is 20.5 Å². The first-order valence-corrected chi connectivity index (χ1v) is 14.5. The van der Waals surface area contributed by atoms with Gasteiger partial charge in [-0.1, -0.05) is 36.9 Å². The Balaban J connectivity index is 1.20. The van der Waals surface area contributed by atoms with E-state index in [2.05, 4.69) is 15.6 Å². The molecule has 3 aromatic rings. The first-order valence-electron chi connectivity index (χ1n) is 13.6. The number of piperidine rings is 1. The lowest BCUT2D eigenvalue weighted by Crippen LogP contribution is -2.52. The summed E-state index contributed by atoms with van der Waals surface area (Å²) in [7, 11) is 0. The second-order valence-electron chi connectivity index (χ2n) is 10.2. The van der Waals surface area contributed by atoms with Gasteiger partial charge in [-0.25, -0.2) is 9.78 Å². The number of ether oxygens (including phenoxy) is 1. The molecule has 1 aromatic heterocycles. The fourth-order valence-corrected chi connectivity index (χ4v) is 6.85. The van der Waals surface area contributed by atoms with Crippen molar-refractivity contribution in [2.75, 3.05) is 18.0 Å². The number of aryl methyl sites for hydroxylation is 1. The molecule has 2 unspecified atom stereocenters. The third-order valence-electron chi connectivity index (χ3n) is 7.65. The fourth-order valence-electron chi connectivity index (χ4n) is 5.61. The van der Waals surface area contributed by atoms with Crippen molar-refractivity contribution in [2.45, 2.75) is 55.5 Å². The van der Waals surface area contributed by atoms with E-state index in [9.17, 15) is 14.4 Å². The average Bonchev–Trinajstić information content (AvgIpc) is 3.34. The predicted octanol–water partition coefficient (Wildman–Crippen LogP) is 5.08. The van der Waals surface area contributed by atoms with E-state index in [1.165, 1.54) is 11.8 Å². The maximum atomic E-state index is 13.5. The van der Waals surface area contributed by atoms with E-state index in [1.54, 1.807) is 11.1 Å². The molecule has 1 saturated heterocycles. The molecule has 0 radical (unpaired) electrons. The van der Waals surface area contributed by atoms with Crippen LogP contribution in [0.4, 0.5) is 16.2 Å². The van der Waals surface area contributed by atoms with E-state index in [4.69, 9.17) is 4.74 Å². The highest BCUT2D eigenvalue weighted by molar-refractivity contribution is 8.01. The molecule has 4 heterocycles. The lowest BCUT2D eigenvalue weighted by molar-refractivity contribution is -0.132. The van der Waals surface area contributed by atoms with E-state index in [0.717, 1.165) is 46.1 Å². The summed E-state index contributed by atoms with van der Waals surface area (Å²) >= 11 is 1.39. The maximum absolute atomic E-state index is 13.5. The van der Waals surface area contributed by atoms with Crippen LogP contribution in [0.2, 0.25) is 0 Å². The van der Waals surface area contributed by atoms with Crippen molar-refractivity contribution in [3.05, 3.63) is 71.9 Å². The number of pyridine rings is 1. The molecule has 0 saturated carbocycles. The van der Waals surface area contributed by atoms with E-state index in [0.29, 0.717) is 25.3 Å². The van der Waals surface area contributed by atoms with Crippen LogP contribution in [0.15, 0.2) is 65.8 Å². The molecular weight excluding hydrogens is 526 g/mol. The molecule has 6 rings (SSSR count). The Morgan fingerprint density at radius 3 is 2.58 bits per heavy atom. The summed E-state index contributed by atoms with van der Waals surface area (Å²) in [6, 6.07) is 16.2. The number of rotatable bonds is 6. The van der Waals surface area contributed by atoms with Crippen LogP contribution in [0.5, 0.6) is 11.5 Å². The minimum absolute atomic E-state index is 0.000192. The van der Waals surface area contributed by atoms with Crippen molar-refractivity contribution in [2.24, 2.45) is 0 Å². The van der Waals surface area contributed by atoms with Crippen molar-refractivity contribution >= 4 is 41.0 Å². The Labute approximate surface area is 237 Å². The van der Waals surface area contributed by atoms with Crippen LogP contribution in [-0.4, -0.2) is 52.1 Å². The van der Waals surface area contributed by atoms with E-state index in [1.807, 2.05) is 73.3 Å². The summed E-state index contributed by atoms with van der Waals surface area (Å²) < 4.78 is 5.97. The van der Waals surface area contributed by atoms with Crippen LogP contribution >= 0.6 is 11.8 Å². The van der Waals surface area contributed by atoms with Crippen molar-refractivity contribution in [3.63, 3.8) is 0 Å². The molecule has 206 valence electrons. The second-order valence-corrected chi connectivity index (χ2v) is 11.4.